The maximum Gasteiger partial charge on any atom is 0.165 e. The Balaban J connectivity index is 1.64. The van der Waals surface area contributed by atoms with Crippen LogP contribution in [0.5, 0.6) is 5.75 Å². The van der Waals surface area contributed by atoms with Crippen molar-refractivity contribution in [2.24, 2.45) is 11.3 Å². The zero-order valence-electron chi connectivity index (χ0n) is 11.7. The first-order valence-electron chi connectivity index (χ1n) is 7.20. The smallest absolute Gasteiger partial charge is 0.165 e. The summed E-state index contributed by atoms with van der Waals surface area (Å²) in [5.74, 6) is 0.277. The Morgan fingerprint density at radius 3 is 2.85 bits per heavy atom. The third-order valence-electron chi connectivity index (χ3n) is 4.77. The van der Waals surface area contributed by atoms with Gasteiger partial charge in [-0.15, -0.1) is 0 Å². The van der Waals surface area contributed by atoms with Crippen molar-refractivity contribution in [2.75, 3.05) is 20.2 Å². The number of piperidine rings is 1. The average Bonchev–Trinajstić information content (AvgIpc) is 3.13. The number of ketones is 1. The van der Waals surface area contributed by atoms with Gasteiger partial charge in [0.05, 0.1) is 7.11 Å². The summed E-state index contributed by atoms with van der Waals surface area (Å²) in [7, 11) is 1.44. The topological polar surface area (TPSA) is 38.3 Å². The quantitative estimate of drug-likeness (QED) is 0.918. The number of hydrogen-bond donors (Lipinski definition) is 1. The fourth-order valence-corrected chi connectivity index (χ4v) is 3.42. The molecule has 1 spiro atoms. The van der Waals surface area contributed by atoms with E-state index >= 15 is 0 Å². The normalized spacial score (nSPS) is 23.6. The second-order valence-electron chi connectivity index (χ2n) is 5.98. The van der Waals surface area contributed by atoms with Gasteiger partial charge in [0.1, 0.15) is 5.78 Å². The molecule has 1 atom stereocenters. The lowest BCUT2D eigenvalue weighted by Gasteiger charge is -2.23. The Morgan fingerprint density at radius 2 is 2.20 bits per heavy atom. The second kappa shape index (κ2) is 5.17. The van der Waals surface area contributed by atoms with Crippen LogP contribution in [-0.2, 0) is 11.2 Å². The molecule has 0 bridgehead atoms. The highest BCUT2D eigenvalue weighted by atomic mass is 19.1. The molecule has 20 heavy (non-hydrogen) atoms. The van der Waals surface area contributed by atoms with E-state index in [2.05, 4.69) is 5.32 Å². The Morgan fingerprint density at radius 1 is 1.45 bits per heavy atom. The summed E-state index contributed by atoms with van der Waals surface area (Å²) in [6.45, 7) is 2.03. The zero-order chi connectivity index (χ0) is 14.2. The molecule has 0 radical (unpaired) electrons. The van der Waals surface area contributed by atoms with E-state index < -0.39 is 5.82 Å². The Kier molecular flexibility index (Phi) is 3.50. The summed E-state index contributed by atoms with van der Waals surface area (Å²) < 4.78 is 18.5. The Hall–Kier alpha value is -1.42. The molecule has 1 unspecified atom stereocenters. The van der Waals surface area contributed by atoms with Gasteiger partial charge in [0.15, 0.2) is 11.6 Å². The highest BCUT2D eigenvalue weighted by Crippen LogP contribution is 2.59. The van der Waals surface area contributed by atoms with Crippen LogP contribution in [0.1, 0.15) is 24.8 Å². The van der Waals surface area contributed by atoms with Gasteiger partial charge in [0.2, 0.25) is 0 Å². The van der Waals surface area contributed by atoms with E-state index in [1.807, 2.05) is 0 Å². The number of ether oxygens (including phenoxy) is 1. The lowest BCUT2D eigenvalue weighted by molar-refractivity contribution is -0.120. The van der Waals surface area contributed by atoms with Crippen molar-refractivity contribution in [1.82, 2.24) is 5.32 Å². The standard InChI is InChI=1S/C16H20FNO2/c1-20-15-3-2-11(8-13(15)17)9-14(19)12-10-16(12)4-6-18-7-5-16/h2-3,8,12,18H,4-7,9-10H2,1H3. The molecule has 1 aliphatic carbocycles. The van der Waals surface area contributed by atoms with Crippen LogP contribution in [0.3, 0.4) is 0 Å². The summed E-state index contributed by atoms with van der Waals surface area (Å²) in [5.41, 5.74) is 0.997. The van der Waals surface area contributed by atoms with Crippen molar-refractivity contribution < 1.29 is 13.9 Å². The minimum Gasteiger partial charge on any atom is -0.494 e. The van der Waals surface area contributed by atoms with Crippen LogP contribution < -0.4 is 10.1 Å². The number of benzene rings is 1. The number of nitrogens with one attached hydrogen (secondary N) is 1. The SMILES string of the molecule is COc1ccc(CC(=O)C2CC23CCNCC3)cc1F. The fourth-order valence-electron chi connectivity index (χ4n) is 3.42. The van der Waals surface area contributed by atoms with E-state index in [0.29, 0.717) is 6.42 Å². The van der Waals surface area contributed by atoms with Crippen molar-refractivity contribution in [1.29, 1.82) is 0 Å². The van der Waals surface area contributed by atoms with Gasteiger partial charge < -0.3 is 10.1 Å². The minimum absolute atomic E-state index is 0.190. The summed E-state index contributed by atoms with van der Waals surface area (Å²) in [5, 5.41) is 3.33. The summed E-state index contributed by atoms with van der Waals surface area (Å²) in [6, 6.07) is 4.77. The van der Waals surface area contributed by atoms with Gasteiger partial charge in [0.25, 0.3) is 0 Å². The zero-order valence-corrected chi connectivity index (χ0v) is 11.7. The van der Waals surface area contributed by atoms with Crippen molar-refractivity contribution >= 4 is 5.78 Å². The summed E-state index contributed by atoms with van der Waals surface area (Å²) >= 11 is 0. The number of rotatable bonds is 4. The molecule has 1 aliphatic heterocycles. The predicted octanol–water partition coefficient (Wildman–Crippen LogP) is 2.34. The predicted molar refractivity (Wildman–Crippen MR) is 74.3 cm³/mol. The number of halogens is 1. The number of carbonyl (C=O) groups excluding carboxylic acids is 1. The highest BCUT2D eigenvalue weighted by molar-refractivity contribution is 5.86. The van der Waals surface area contributed by atoms with Crippen LogP contribution in [-0.4, -0.2) is 26.0 Å². The molecule has 2 fully saturated rings. The molecule has 0 aromatic heterocycles. The van der Waals surface area contributed by atoms with Gasteiger partial charge in [-0.1, -0.05) is 6.07 Å². The molecule has 3 rings (SSSR count). The van der Waals surface area contributed by atoms with E-state index in [-0.39, 0.29) is 22.9 Å². The first-order valence-corrected chi connectivity index (χ1v) is 7.20. The van der Waals surface area contributed by atoms with Crippen molar-refractivity contribution in [2.45, 2.75) is 25.7 Å². The molecule has 1 aromatic carbocycles. The molecule has 4 heteroatoms. The van der Waals surface area contributed by atoms with E-state index in [1.165, 1.54) is 13.2 Å². The van der Waals surface area contributed by atoms with Gasteiger partial charge in [-0.3, -0.25) is 4.79 Å². The van der Waals surface area contributed by atoms with Gasteiger partial charge in [-0.2, -0.15) is 0 Å². The van der Waals surface area contributed by atoms with Crippen LogP contribution in [0, 0.1) is 17.2 Å². The molecule has 1 aromatic rings. The third-order valence-corrected chi connectivity index (χ3v) is 4.77. The number of methoxy groups -OCH3 is 1. The van der Waals surface area contributed by atoms with Crippen LogP contribution in [0.2, 0.25) is 0 Å². The van der Waals surface area contributed by atoms with Crippen molar-refractivity contribution in [3.8, 4) is 5.75 Å². The highest BCUT2D eigenvalue weighted by Gasteiger charge is 2.56. The molecule has 3 nitrogen and oxygen atoms in total. The van der Waals surface area contributed by atoms with E-state index in [0.717, 1.165) is 37.9 Å². The lowest BCUT2D eigenvalue weighted by atomic mass is 9.89. The molecule has 1 N–H and O–H groups in total. The maximum atomic E-state index is 13.6. The molecular formula is C16H20FNO2. The maximum absolute atomic E-state index is 13.6. The summed E-state index contributed by atoms with van der Waals surface area (Å²) in [4.78, 5) is 12.3. The first kappa shape index (κ1) is 13.6. The molecular weight excluding hydrogens is 257 g/mol. The minimum atomic E-state index is -0.398. The lowest BCUT2D eigenvalue weighted by Crippen LogP contribution is -2.30. The third kappa shape index (κ3) is 2.44. The second-order valence-corrected chi connectivity index (χ2v) is 5.98. The van der Waals surface area contributed by atoms with E-state index in [9.17, 15) is 9.18 Å². The number of carbonyl (C=O) groups is 1. The van der Waals surface area contributed by atoms with Crippen LogP contribution in [0.15, 0.2) is 18.2 Å². The average molecular weight is 277 g/mol. The van der Waals surface area contributed by atoms with Gasteiger partial charge in [-0.25, -0.2) is 4.39 Å². The Labute approximate surface area is 118 Å². The molecule has 1 heterocycles. The van der Waals surface area contributed by atoms with Gasteiger partial charge >= 0.3 is 0 Å². The molecule has 1 saturated heterocycles. The largest absolute Gasteiger partial charge is 0.494 e. The van der Waals surface area contributed by atoms with Gasteiger partial charge in [-0.05, 0) is 55.5 Å². The monoisotopic (exact) mass is 277 g/mol. The number of Topliss-reactive ketones (excluding diaryl/α,β-unsaturated/α-hetero) is 1. The van der Waals surface area contributed by atoms with Crippen LogP contribution in [0.4, 0.5) is 4.39 Å². The van der Waals surface area contributed by atoms with Gasteiger partial charge in [0, 0.05) is 12.3 Å². The van der Waals surface area contributed by atoms with Crippen molar-refractivity contribution in [3.63, 3.8) is 0 Å². The van der Waals surface area contributed by atoms with Crippen molar-refractivity contribution in [3.05, 3.63) is 29.6 Å². The molecule has 1 saturated carbocycles. The summed E-state index contributed by atoms with van der Waals surface area (Å²) in [6.07, 6.45) is 3.55. The van der Waals surface area contributed by atoms with E-state index in [4.69, 9.17) is 4.74 Å². The van der Waals surface area contributed by atoms with Crippen LogP contribution in [0.25, 0.3) is 0 Å². The first-order chi connectivity index (χ1) is 9.64. The molecule has 2 aliphatic rings. The van der Waals surface area contributed by atoms with E-state index in [1.54, 1.807) is 12.1 Å². The molecule has 108 valence electrons. The van der Waals surface area contributed by atoms with Crippen LogP contribution >= 0.6 is 0 Å². The molecule has 0 amide bonds. The fraction of sp³-hybridized carbons (Fsp3) is 0.562. The number of hydrogen-bond acceptors (Lipinski definition) is 3. The Bertz CT molecular complexity index is 523.